The molecule has 2 aromatic carbocycles. The number of hydrogen-bond acceptors (Lipinski definition) is 5. The predicted molar refractivity (Wildman–Crippen MR) is 90.5 cm³/mol. The van der Waals surface area contributed by atoms with Crippen molar-refractivity contribution < 1.29 is 22.1 Å². The van der Waals surface area contributed by atoms with E-state index in [1.807, 2.05) is 32.9 Å². The fourth-order valence-electron chi connectivity index (χ4n) is 2.76. The van der Waals surface area contributed by atoms with E-state index in [0.29, 0.717) is 30.5 Å². The molecule has 0 N–H and O–H groups in total. The Bertz CT molecular complexity index is 848. The van der Waals surface area contributed by atoms with Crippen LogP contribution in [0, 0.1) is 20.8 Å². The van der Waals surface area contributed by atoms with Crippen molar-refractivity contribution in [2.45, 2.75) is 32.1 Å². The zero-order valence-corrected chi connectivity index (χ0v) is 14.8. The third-order valence-electron chi connectivity index (χ3n) is 3.81. The Morgan fingerprint density at radius 3 is 2.21 bits per heavy atom. The van der Waals surface area contributed by atoms with E-state index in [1.165, 1.54) is 12.1 Å². The first kappa shape index (κ1) is 16.6. The molecule has 0 aliphatic carbocycles. The van der Waals surface area contributed by atoms with E-state index in [9.17, 15) is 8.42 Å². The molecule has 0 atom stereocenters. The molecule has 3 rings (SSSR count). The van der Waals surface area contributed by atoms with Crippen molar-refractivity contribution in [1.82, 2.24) is 0 Å². The Morgan fingerprint density at radius 1 is 0.917 bits per heavy atom. The van der Waals surface area contributed by atoms with Gasteiger partial charge in [0.05, 0.1) is 13.2 Å². The fourth-order valence-corrected chi connectivity index (χ4v) is 3.82. The molecule has 0 saturated heterocycles. The summed E-state index contributed by atoms with van der Waals surface area (Å²) < 4.78 is 41.8. The van der Waals surface area contributed by atoms with Crippen molar-refractivity contribution in [2.75, 3.05) is 13.2 Å². The van der Waals surface area contributed by atoms with Gasteiger partial charge in [0.2, 0.25) is 0 Å². The van der Waals surface area contributed by atoms with Crippen LogP contribution in [0.5, 0.6) is 17.2 Å². The van der Waals surface area contributed by atoms with Crippen LogP contribution in [-0.2, 0) is 10.1 Å². The molecule has 0 fully saturated rings. The molecule has 0 amide bonds. The molecule has 0 bridgehead atoms. The molecule has 128 valence electrons. The molecular weight excluding hydrogens is 328 g/mol. The van der Waals surface area contributed by atoms with Crippen LogP contribution in [-0.4, -0.2) is 21.6 Å². The van der Waals surface area contributed by atoms with Gasteiger partial charge in [0.15, 0.2) is 11.5 Å². The van der Waals surface area contributed by atoms with E-state index >= 15 is 0 Å². The van der Waals surface area contributed by atoms with Crippen LogP contribution in [0.2, 0.25) is 0 Å². The first-order valence-corrected chi connectivity index (χ1v) is 9.19. The second kappa shape index (κ2) is 6.36. The van der Waals surface area contributed by atoms with Crippen LogP contribution < -0.4 is 13.7 Å². The van der Waals surface area contributed by atoms with Gasteiger partial charge in [0.1, 0.15) is 10.6 Å². The standard InChI is InChI=1S/C18H20O5S/c1-12-9-13(2)18(14(3)10-12)23-24(19,20)15-5-6-16-17(11-15)22-8-4-7-21-16/h5-6,9-11H,4,7-8H2,1-3H3. The zero-order chi connectivity index (χ0) is 17.3. The van der Waals surface area contributed by atoms with Crippen LogP contribution in [0.1, 0.15) is 23.1 Å². The third-order valence-corrected chi connectivity index (χ3v) is 5.02. The van der Waals surface area contributed by atoms with Gasteiger partial charge in [-0.25, -0.2) is 0 Å². The van der Waals surface area contributed by atoms with Gasteiger partial charge in [-0.3, -0.25) is 0 Å². The minimum absolute atomic E-state index is 0.0473. The number of fused-ring (bicyclic) bond motifs is 1. The van der Waals surface area contributed by atoms with Crippen molar-refractivity contribution in [3.63, 3.8) is 0 Å². The van der Waals surface area contributed by atoms with Crippen molar-refractivity contribution in [3.05, 3.63) is 47.0 Å². The van der Waals surface area contributed by atoms with Gasteiger partial charge in [-0.2, -0.15) is 8.42 Å². The van der Waals surface area contributed by atoms with Crippen LogP contribution in [0.15, 0.2) is 35.2 Å². The number of hydrogen-bond donors (Lipinski definition) is 0. The average molecular weight is 348 g/mol. The SMILES string of the molecule is Cc1cc(C)c(OS(=O)(=O)c2ccc3c(c2)OCCCO3)c(C)c1. The van der Waals surface area contributed by atoms with E-state index in [1.54, 1.807) is 6.07 Å². The molecular formula is C18H20O5S. The average Bonchev–Trinajstić information content (AvgIpc) is 2.75. The molecule has 1 aliphatic heterocycles. The minimum Gasteiger partial charge on any atom is -0.490 e. The largest absolute Gasteiger partial charge is 0.490 e. The van der Waals surface area contributed by atoms with Gasteiger partial charge in [-0.05, 0) is 44.0 Å². The van der Waals surface area contributed by atoms with Crippen molar-refractivity contribution in [1.29, 1.82) is 0 Å². The Morgan fingerprint density at radius 2 is 1.54 bits per heavy atom. The topological polar surface area (TPSA) is 61.8 Å². The second-order valence-corrected chi connectivity index (χ2v) is 7.47. The summed E-state index contributed by atoms with van der Waals surface area (Å²) in [6.45, 7) is 6.67. The fraction of sp³-hybridized carbons (Fsp3) is 0.333. The van der Waals surface area contributed by atoms with Gasteiger partial charge in [0, 0.05) is 12.5 Å². The maximum Gasteiger partial charge on any atom is 0.339 e. The van der Waals surface area contributed by atoms with E-state index < -0.39 is 10.1 Å². The molecule has 6 heteroatoms. The summed E-state index contributed by atoms with van der Waals surface area (Å²) in [7, 11) is -3.95. The second-order valence-electron chi connectivity index (χ2n) is 5.92. The van der Waals surface area contributed by atoms with Gasteiger partial charge in [-0.15, -0.1) is 0 Å². The number of aryl methyl sites for hydroxylation is 3. The lowest BCUT2D eigenvalue weighted by atomic mass is 10.1. The summed E-state index contributed by atoms with van der Waals surface area (Å²) in [5.74, 6) is 1.34. The lowest BCUT2D eigenvalue weighted by Crippen LogP contribution is -2.12. The summed E-state index contributed by atoms with van der Waals surface area (Å²) in [5, 5.41) is 0. The monoisotopic (exact) mass is 348 g/mol. The normalized spacial score (nSPS) is 14.1. The Balaban J connectivity index is 1.96. The highest BCUT2D eigenvalue weighted by atomic mass is 32.2. The van der Waals surface area contributed by atoms with Crippen LogP contribution in [0.25, 0.3) is 0 Å². The highest BCUT2D eigenvalue weighted by molar-refractivity contribution is 7.87. The number of rotatable bonds is 3. The summed E-state index contributed by atoms with van der Waals surface area (Å²) in [6.07, 6.45) is 0.759. The first-order chi connectivity index (χ1) is 11.4. The lowest BCUT2D eigenvalue weighted by Gasteiger charge is -2.14. The van der Waals surface area contributed by atoms with E-state index in [0.717, 1.165) is 23.1 Å². The van der Waals surface area contributed by atoms with Gasteiger partial charge < -0.3 is 13.7 Å². The maximum absolute atomic E-state index is 12.6. The van der Waals surface area contributed by atoms with E-state index in [-0.39, 0.29) is 4.90 Å². The van der Waals surface area contributed by atoms with E-state index in [2.05, 4.69) is 0 Å². The molecule has 0 spiro atoms. The molecule has 1 heterocycles. The molecule has 5 nitrogen and oxygen atoms in total. The highest BCUT2D eigenvalue weighted by Crippen LogP contribution is 2.34. The zero-order valence-electron chi connectivity index (χ0n) is 14.0. The predicted octanol–water partition coefficient (Wildman–Crippen LogP) is 3.54. The molecule has 0 saturated carbocycles. The molecule has 0 radical (unpaired) electrons. The molecule has 2 aromatic rings. The molecule has 0 unspecified atom stereocenters. The van der Waals surface area contributed by atoms with Crippen molar-refractivity contribution >= 4 is 10.1 Å². The smallest absolute Gasteiger partial charge is 0.339 e. The van der Waals surface area contributed by atoms with Crippen LogP contribution >= 0.6 is 0 Å². The quantitative estimate of drug-likeness (QED) is 0.794. The molecule has 1 aliphatic rings. The summed E-state index contributed by atoms with van der Waals surface area (Å²) in [6, 6.07) is 8.32. The van der Waals surface area contributed by atoms with E-state index in [4.69, 9.17) is 13.7 Å². The summed E-state index contributed by atoms with van der Waals surface area (Å²) >= 11 is 0. The lowest BCUT2D eigenvalue weighted by molar-refractivity contribution is 0.296. The van der Waals surface area contributed by atoms with Crippen molar-refractivity contribution in [2.24, 2.45) is 0 Å². The Hall–Kier alpha value is -2.21. The maximum atomic E-state index is 12.6. The minimum atomic E-state index is -3.95. The summed E-state index contributed by atoms with van der Waals surface area (Å²) in [5.41, 5.74) is 2.63. The van der Waals surface area contributed by atoms with Crippen LogP contribution in [0.3, 0.4) is 0 Å². The number of ether oxygens (including phenoxy) is 2. The Labute approximate surface area is 142 Å². The third kappa shape index (κ3) is 3.33. The van der Waals surface area contributed by atoms with Gasteiger partial charge in [0.25, 0.3) is 0 Å². The Kier molecular flexibility index (Phi) is 4.41. The number of benzene rings is 2. The van der Waals surface area contributed by atoms with Crippen LogP contribution in [0.4, 0.5) is 0 Å². The highest BCUT2D eigenvalue weighted by Gasteiger charge is 2.22. The first-order valence-electron chi connectivity index (χ1n) is 7.79. The molecule has 0 aromatic heterocycles. The summed E-state index contributed by atoms with van der Waals surface area (Å²) in [4.78, 5) is 0.0473. The van der Waals surface area contributed by atoms with Gasteiger partial charge >= 0.3 is 10.1 Å². The molecule has 24 heavy (non-hydrogen) atoms. The van der Waals surface area contributed by atoms with Gasteiger partial charge in [-0.1, -0.05) is 17.7 Å². The van der Waals surface area contributed by atoms with Crippen molar-refractivity contribution in [3.8, 4) is 17.2 Å².